The van der Waals surface area contributed by atoms with E-state index in [-0.39, 0.29) is 200 Å². The number of allylic oxidation sites excluding steroid dienone is 8. The number of hydrazone groups is 1. The number of halogens is 1. The number of fused-ring (bicyclic) bond motifs is 10. The molecule has 34 atom stereocenters. The number of likely N-dealkylation sites (N-methyl/N-ethyl adjacent to an activating group) is 2. The Morgan fingerprint density at radius 2 is 1.04 bits per heavy atom. The smallest absolute Gasteiger partial charge is 0.306 e. The van der Waals surface area contributed by atoms with Gasteiger partial charge in [0.2, 0.25) is 0 Å². The highest BCUT2D eigenvalue weighted by molar-refractivity contribution is 6.29. The molecule has 9 fully saturated rings. The van der Waals surface area contributed by atoms with Gasteiger partial charge >= 0.3 is 11.9 Å². The van der Waals surface area contributed by atoms with Gasteiger partial charge in [-0.25, -0.2) is 15.1 Å². The number of Topliss-reactive ketones (excluding diaryl/α,β-unsaturated/α-hetero) is 2. The Kier molecular flexibility index (Phi) is 34.3. The van der Waals surface area contributed by atoms with Crippen LogP contribution in [0.25, 0.3) is 0 Å². The van der Waals surface area contributed by atoms with Crippen LogP contribution in [0, 0.1) is 81.1 Å². The zero-order valence-corrected chi connectivity index (χ0v) is 76.4. The van der Waals surface area contributed by atoms with Crippen molar-refractivity contribution in [3.8, 4) is 0 Å². The first-order valence-corrected chi connectivity index (χ1v) is 45.7. The predicted octanol–water partition coefficient (Wildman–Crippen LogP) is 12.1. The normalized spacial score (nSPS) is 41.6. The molecule has 6 aliphatic carbocycles. The Balaban J connectivity index is 0.000000187. The maximum Gasteiger partial charge on any atom is 0.306 e. The summed E-state index contributed by atoms with van der Waals surface area (Å²) in [5, 5.41) is 16.2. The Morgan fingerprint density at radius 1 is 0.557 bits per heavy atom. The van der Waals surface area contributed by atoms with Crippen LogP contribution in [0.15, 0.2) is 70.5 Å². The molecular weight excluding hydrogens is 1590 g/mol. The van der Waals surface area contributed by atoms with Crippen LogP contribution in [0.1, 0.15) is 183 Å². The van der Waals surface area contributed by atoms with Crippen LogP contribution < -0.4 is 5.32 Å². The molecular formula is C92H142ClN7O22. The molecule has 0 aromatic carbocycles. The monoisotopic (exact) mass is 1730 g/mol. The molecule has 1 aromatic heterocycles. The quantitative estimate of drug-likeness (QED) is 0.0393. The number of aromatic nitrogens is 1. The molecule has 2 saturated carbocycles. The van der Waals surface area contributed by atoms with Gasteiger partial charge in [0.05, 0.1) is 61.7 Å². The fraction of sp³-hybridized carbons (Fsp3) is 0.804. The van der Waals surface area contributed by atoms with Crippen LogP contribution in [0.2, 0.25) is 5.15 Å². The summed E-state index contributed by atoms with van der Waals surface area (Å²) in [5.74, 6) is 0.312. The molecule has 0 bridgehead atoms. The molecule has 7 aliphatic heterocycles. The van der Waals surface area contributed by atoms with Gasteiger partial charge in [0, 0.05) is 104 Å². The molecule has 684 valence electrons. The third kappa shape index (κ3) is 22.3. The van der Waals surface area contributed by atoms with Gasteiger partial charge in [-0.15, -0.1) is 0 Å². The fourth-order valence-corrected chi connectivity index (χ4v) is 22.9. The summed E-state index contributed by atoms with van der Waals surface area (Å²) in [6.07, 6.45) is 21.0. The van der Waals surface area contributed by atoms with Crippen molar-refractivity contribution < 1.29 is 100 Å². The molecule has 0 amide bonds. The van der Waals surface area contributed by atoms with E-state index in [1.807, 2.05) is 33.8 Å². The highest BCUT2D eigenvalue weighted by Gasteiger charge is 2.57. The predicted molar refractivity (Wildman–Crippen MR) is 455 cm³/mol. The molecule has 0 unspecified atom stereocenters. The average molecular weight is 1730 g/mol. The maximum atomic E-state index is 14.7. The van der Waals surface area contributed by atoms with E-state index < -0.39 is 29.8 Å². The molecule has 8 heterocycles. The minimum absolute atomic E-state index is 0.0364. The number of esters is 2. The number of methoxy groups -OCH3 is 6. The minimum Gasteiger partial charge on any atom is -0.462 e. The number of ketones is 2. The molecule has 0 radical (unpaired) electrons. The number of guanidine groups is 1. The summed E-state index contributed by atoms with van der Waals surface area (Å²) in [7, 11) is 18.3. The second-order valence-corrected chi connectivity index (χ2v) is 37.3. The number of nitro groups is 1. The standard InChI is InChI=1S/C42H67NO10.C41H65NO10.C9H10ClN5O2/c1-11-26-13-12-14-35(53-37-16-15-34(43(6)7)24(4)49-37)23(3)38(45)33-20-31-29(32(33)21-36(44)51-26)17-22(2)28-18-27(19-30(28)31)52-42-41(48-10)40(47-9)39(46-8)25(5)50-42;1-10-26-12-11-13-34(52-36-17-16-33(42(5)6)23(3)48-36)22(2)37(44)32-20-30-28(31(32)21-35(43)50-26)15-14-25-18-27(19-29(25)30)51-41-40(47-9)39(46-8)38(45-7)24(4)49-41;10-8-2-1-7(5-12-8)6-14-4-3-11-9(14)13-15(16)17/h17,20,23-32,34-35,37,39-42H,11-16,18-19,21H2,1-10H3;14-15,20,22-31,33-34,36,38-41H,10-13,16-19,21H2,1-9H3;1-2,5H,3-4,6H2,(H,11,13)/t23-,24-,25+,26+,27-,28+,29-,30-,31-,32+,34+,35+,37+,39+,40-,41-,42+;22-,23-,24+,25-,26+,27-,28-,29-,30-,31+,33+,34+,36+,38+,39-,40-,41+;/m11./s1. The van der Waals surface area contributed by atoms with Crippen LogP contribution in [-0.2, 0) is 102 Å². The topological polar surface area (TPSA) is 306 Å². The molecule has 0 spiro atoms. The van der Waals surface area contributed by atoms with Gasteiger partial charge < -0.3 is 95.8 Å². The summed E-state index contributed by atoms with van der Waals surface area (Å²) in [6.45, 7) is 20.4. The summed E-state index contributed by atoms with van der Waals surface area (Å²) in [5.41, 5.74) is 3.76. The van der Waals surface area contributed by atoms with Crippen molar-refractivity contribution in [3.63, 3.8) is 0 Å². The summed E-state index contributed by atoms with van der Waals surface area (Å²) >= 11 is 5.68. The van der Waals surface area contributed by atoms with Crippen LogP contribution in [0.3, 0.4) is 0 Å². The van der Waals surface area contributed by atoms with Gasteiger partial charge in [-0.05, 0) is 236 Å². The number of hydrogen-bond acceptors (Lipinski definition) is 25. The first kappa shape index (κ1) is 95.8. The highest BCUT2D eigenvalue weighted by atomic mass is 35.5. The molecule has 1 N–H and O–H groups in total. The van der Waals surface area contributed by atoms with E-state index in [0.717, 1.165) is 107 Å². The maximum absolute atomic E-state index is 14.7. The van der Waals surface area contributed by atoms with Crippen molar-refractivity contribution >= 4 is 41.1 Å². The summed E-state index contributed by atoms with van der Waals surface area (Å²) in [6, 6.07) is 4.19. The van der Waals surface area contributed by atoms with Crippen molar-refractivity contribution in [3.05, 3.63) is 86.3 Å². The minimum atomic E-state index is -0.708. The number of rotatable bonds is 21. The van der Waals surface area contributed by atoms with Crippen LogP contribution in [0.4, 0.5) is 0 Å². The Morgan fingerprint density at radius 3 is 1.50 bits per heavy atom. The third-order valence-corrected chi connectivity index (χ3v) is 29.4. The van der Waals surface area contributed by atoms with E-state index in [9.17, 15) is 29.3 Å². The van der Waals surface area contributed by atoms with Crippen LogP contribution in [-0.4, -0.2) is 273 Å². The number of hydrogen-bond donors (Lipinski definition) is 1. The number of pyridine rings is 1. The zero-order chi connectivity index (χ0) is 87.7. The molecule has 29 nitrogen and oxygen atoms in total. The van der Waals surface area contributed by atoms with Crippen LogP contribution in [0.5, 0.6) is 0 Å². The van der Waals surface area contributed by atoms with Gasteiger partial charge in [-0.2, -0.15) is 0 Å². The van der Waals surface area contributed by atoms with E-state index in [1.54, 1.807) is 59.8 Å². The van der Waals surface area contributed by atoms with Gasteiger partial charge in [0.1, 0.15) is 59.1 Å². The lowest BCUT2D eigenvalue weighted by molar-refractivity contribution is -0.485. The zero-order valence-electron chi connectivity index (χ0n) is 75.6. The molecule has 14 rings (SSSR count). The first-order chi connectivity index (χ1) is 58.5. The molecule has 1 aromatic rings. The van der Waals surface area contributed by atoms with Gasteiger partial charge in [-0.3, -0.25) is 19.2 Å². The van der Waals surface area contributed by atoms with Gasteiger partial charge in [-0.1, -0.05) is 81.3 Å². The second-order valence-electron chi connectivity index (χ2n) is 37.0. The van der Waals surface area contributed by atoms with Crippen molar-refractivity contribution in [2.75, 3.05) is 83.9 Å². The van der Waals surface area contributed by atoms with Crippen molar-refractivity contribution in [1.29, 1.82) is 0 Å². The number of carbonyl (C=O) groups excluding carboxylic acids is 4. The Hall–Kier alpha value is -5.29. The molecule has 30 heteroatoms. The third-order valence-electron chi connectivity index (χ3n) is 29.2. The Labute approximate surface area is 728 Å². The molecule has 13 aliphatic rings. The lowest BCUT2D eigenvalue weighted by Crippen LogP contribution is -2.59. The lowest BCUT2D eigenvalue weighted by Gasteiger charge is -2.44. The van der Waals surface area contributed by atoms with E-state index in [1.165, 1.54) is 5.57 Å². The fourth-order valence-electron chi connectivity index (χ4n) is 22.7. The lowest BCUT2D eigenvalue weighted by atomic mass is 9.67. The van der Waals surface area contributed by atoms with E-state index in [2.05, 4.69) is 118 Å². The summed E-state index contributed by atoms with van der Waals surface area (Å²) in [4.78, 5) is 77.0. The first-order valence-electron chi connectivity index (χ1n) is 45.3. The Bertz CT molecular complexity index is 3800. The molecule has 122 heavy (non-hydrogen) atoms. The number of nitrogens with one attached hydrogen (secondary N) is 1. The van der Waals surface area contributed by atoms with E-state index in [0.29, 0.717) is 61.5 Å². The van der Waals surface area contributed by atoms with Crippen LogP contribution >= 0.6 is 11.6 Å². The second kappa shape index (κ2) is 43.7. The highest BCUT2D eigenvalue weighted by Crippen LogP contribution is 2.58. The van der Waals surface area contributed by atoms with Gasteiger partial charge in [0.15, 0.2) is 41.8 Å². The van der Waals surface area contributed by atoms with Crippen molar-refractivity contribution in [1.82, 2.24) is 25.0 Å². The largest absolute Gasteiger partial charge is 0.462 e. The van der Waals surface area contributed by atoms with E-state index in [4.69, 9.17) is 87.4 Å². The number of carbonyl (C=O) groups is 4. The van der Waals surface area contributed by atoms with Gasteiger partial charge in [0.25, 0.3) is 5.96 Å². The number of cyclic esters (lactones) is 2. The van der Waals surface area contributed by atoms with Crippen molar-refractivity contribution in [2.24, 2.45) is 76.1 Å². The number of ether oxygens (including phenoxy) is 16. The SMILES string of the molecule is CC[C@H]1CCC[C@H](O[C@H]2CC[C@H](N(C)C)[C@@H](C)O2)[C@@H](C)C(=O)C2=C[C@@H]3[C@@H](C=C(C)[C@@H]4C[C@@H](O[C@@H]5O[C@@H](C)[C@H](OC)[C@@H](OC)[C@H]5OC)C[C@@H]34)[C@@H]2CC(=O)O1.CC[C@H]1CCC[C@H](O[C@H]2CC[C@H](N(C)C)[C@@H](C)O2)[C@@H](C)C(=O)C2=C[C@@H]3[C@@H](C=C[C@@H]4C[C@@H](O[C@@H]5O[C@@H](C)[C@H](OC)[C@@H](OC)[C@H]5OC)C[C@@H]34)[C@@H]2CC(=O)O1.O=[N+]([O-])/N=C1\NCCN1Cc1ccc(Cl)nc1. The van der Waals surface area contributed by atoms with E-state index >= 15 is 0 Å². The number of nitrogens with zero attached hydrogens (tertiary/aromatic N) is 6. The average Bonchev–Trinajstić information content (AvgIpc) is 1.59. The molecule has 7 saturated heterocycles. The summed E-state index contributed by atoms with van der Waals surface area (Å²) < 4.78 is 99.3. The van der Waals surface area contributed by atoms with Crippen molar-refractivity contribution in [2.45, 2.75) is 319 Å².